The summed E-state index contributed by atoms with van der Waals surface area (Å²) in [5, 5.41) is 0. The molecule has 0 radical (unpaired) electrons. The molecule has 0 aromatic heterocycles. The van der Waals surface area contributed by atoms with Crippen molar-refractivity contribution in [2.45, 2.75) is 32.5 Å². The van der Waals surface area contributed by atoms with Crippen LogP contribution < -0.4 is 0 Å². The SMILES string of the molecule is CC(=O)OC1=C[C@@H](c2ccccc2)OC1(C)C. The van der Waals surface area contributed by atoms with Crippen molar-refractivity contribution < 1.29 is 14.3 Å². The van der Waals surface area contributed by atoms with Crippen molar-refractivity contribution in [3.05, 3.63) is 47.7 Å². The molecule has 2 rings (SSSR count). The number of hydrogen-bond acceptors (Lipinski definition) is 3. The van der Waals surface area contributed by atoms with E-state index in [0.717, 1.165) is 5.56 Å². The van der Waals surface area contributed by atoms with Crippen LogP contribution in [0.5, 0.6) is 0 Å². The fraction of sp³-hybridized carbons (Fsp3) is 0.357. The van der Waals surface area contributed by atoms with Gasteiger partial charge in [0, 0.05) is 6.92 Å². The lowest BCUT2D eigenvalue weighted by Crippen LogP contribution is -2.25. The molecule has 1 aliphatic heterocycles. The maximum absolute atomic E-state index is 11.0. The number of rotatable bonds is 2. The van der Waals surface area contributed by atoms with Gasteiger partial charge < -0.3 is 9.47 Å². The van der Waals surface area contributed by atoms with Crippen LogP contribution in [0, 0.1) is 0 Å². The van der Waals surface area contributed by atoms with Gasteiger partial charge in [-0.25, -0.2) is 0 Å². The van der Waals surface area contributed by atoms with Crippen molar-refractivity contribution in [3.63, 3.8) is 0 Å². The van der Waals surface area contributed by atoms with Crippen LogP contribution in [0.2, 0.25) is 0 Å². The van der Waals surface area contributed by atoms with Crippen LogP contribution in [0.1, 0.15) is 32.4 Å². The number of carbonyl (C=O) groups is 1. The smallest absolute Gasteiger partial charge is 0.307 e. The molecule has 1 aromatic rings. The van der Waals surface area contributed by atoms with Gasteiger partial charge in [0.1, 0.15) is 17.5 Å². The lowest BCUT2D eigenvalue weighted by Gasteiger charge is -2.22. The van der Waals surface area contributed by atoms with Gasteiger partial charge in [-0.05, 0) is 25.5 Å². The Labute approximate surface area is 101 Å². The number of carbonyl (C=O) groups excluding carboxylic acids is 1. The van der Waals surface area contributed by atoms with Gasteiger partial charge in [-0.3, -0.25) is 4.79 Å². The highest BCUT2D eigenvalue weighted by atomic mass is 16.6. The Hall–Kier alpha value is -1.61. The summed E-state index contributed by atoms with van der Waals surface area (Å²) in [5.74, 6) is 0.264. The lowest BCUT2D eigenvalue weighted by molar-refractivity contribution is -0.140. The lowest BCUT2D eigenvalue weighted by atomic mass is 10.1. The van der Waals surface area contributed by atoms with Crippen molar-refractivity contribution in [3.8, 4) is 0 Å². The third kappa shape index (κ3) is 2.56. The average molecular weight is 232 g/mol. The van der Waals surface area contributed by atoms with Crippen LogP contribution in [0.25, 0.3) is 0 Å². The van der Waals surface area contributed by atoms with Gasteiger partial charge in [-0.2, -0.15) is 0 Å². The monoisotopic (exact) mass is 232 g/mol. The second-order valence-electron chi connectivity index (χ2n) is 4.58. The molecule has 17 heavy (non-hydrogen) atoms. The van der Waals surface area contributed by atoms with E-state index in [1.165, 1.54) is 6.92 Å². The summed E-state index contributed by atoms with van der Waals surface area (Å²) in [7, 11) is 0. The fourth-order valence-corrected chi connectivity index (χ4v) is 1.87. The minimum Gasteiger partial charge on any atom is -0.428 e. The Kier molecular flexibility index (Phi) is 3.03. The summed E-state index contributed by atoms with van der Waals surface area (Å²) >= 11 is 0. The van der Waals surface area contributed by atoms with Crippen LogP contribution in [0.4, 0.5) is 0 Å². The molecule has 0 unspecified atom stereocenters. The zero-order valence-corrected chi connectivity index (χ0v) is 10.3. The molecule has 3 heteroatoms. The Bertz CT molecular complexity index is 446. The Morgan fingerprint density at radius 1 is 1.29 bits per heavy atom. The fourth-order valence-electron chi connectivity index (χ4n) is 1.87. The minimum atomic E-state index is -0.563. The Morgan fingerprint density at radius 2 is 1.94 bits per heavy atom. The van der Waals surface area contributed by atoms with Crippen molar-refractivity contribution in [2.24, 2.45) is 0 Å². The van der Waals surface area contributed by atoms with E-state index in [2.05, 4.69) is 0 Å². The van der Waals surface area contributed by atoms with Crippen LogP contribution >= 0.6 is 0 Å². The minimum absolute atomic E-state index is 0.152. The van der Waals surface area contributed by atoms with Gasteiger partial charge in [0.2, 0.25) is 0 Å². The third-order valence-corrected chi connectivity index (χ3v) is 2.70. The van der Waals surface area contributed by atoms with Gasteiger partial charge in [0.05, 0.1) is 0 Å². The first-order chi connectivity index (χ1) is 7.99. The molecule has 1 aromatic carbocycles. The Morgan fingerprint density at radius 3 is 2.53 bits per heavy atom. The number of benzene rings is 1. The number of hydrogen-bond donors (Lipinski definition) is 0. The maximum atomic E-state index is 11.0. The molecule has 0 N–H and O–H groups in total. The molecular formula is C14H16O3. The maximum Gasteiger partial charge on any atom is 0.307 e. The first-order valence-corrected chi connectivity index (χ1v) is 5.62. The molecule has 1 atom stereocenters. The van der Waals surface area contributed by atoms with Gasteiger partial charge in [-0.15, -0.1) is 0 Å². The molecule has 3 nitrogen and oxygen atoms in total. The molecule has 1 aliphatic rings. The van der Waals surface area contributed by atoms with E-state index in [1.807, 2.05) is 50.3 Å². The zero-order valence-electron chi connectivity index (χ0n) is 10.3. The second kappa shape index (κ2) is 4.34. The number of esters is 1. The van der Waals surface area contributed by atoms with E-state index in [0.29, 0.717) is 5.76 Å². The summed E-state index contributed by atoms with van der Waals surface area (Å²) in [6, 6.07) is 9.87. The van der Waals surface area contributed by atoms with Gasteiger partial charge in [0.25, 0.3) is 0 Å². The van der Waals surface area contributed by atoms with Crippen LogP contribution in [0.15, 0.2) is 42.2 Å². The Balaban J connectivity index is 2.24. The van der Waals surface area contributed by atoms with Gasteiger partial charge in [0.15, 0.2) is 0 Å². The highest BCUT2D eigenvalue weighted by Crippen LogP contribution is 2.38. The average Bonchev–Trinajstić information content (AvgIpc) is 2.55. The topological polar surface area (TPSA) is 35.5 Å². The zero-order chi connectivity index (χ0) is 12.5. The molecular weight excluding hydrogens is 216 g/mol. The summed E-state index contributed by atoms with van der Waals surface area (Å²) in [6.07, 6.45) is 1.71. The van der Waals surface area contributed by atoms with Crippen molar-refractivity contribution in [1.29, 1.82) is 0 Å². The van der Waals surface area contributed by atoms with E-state index in [9.17, 15) is 4.79 Å². The van der Waals surface area contributed by atoms with Crippen molar-refractivity contribution in [1.82, 2.24) is 0 Å². The van der Waals surface area contributed by atoms with E-state index < -0.39 is 5.60 Å². The first kappa shape index (κ1) is 11.9. The molecule has 0 saturated heterocycles. The van der Waals surface area contributed by atoms with Crippen LogP contribution in [-0.4, -0.2) is 11.6 Å². The third-order valence-electron chi connectivity index (χ3n) is 2.70. The second-order valence-corrected chi connectivity index (χ2v) is 4.58. The summed E-state index contributed by atoms with van der Waals surface area (Å²) in [6.45, 7) is 5.18. The molecule has 1 heterocycles. The molecule has 0 spiro atoms. The summed E-state index contributed by atoms with van der Waals surface area (Å²) in [4.78, 5) is 11.0. The number of ether oxygens (including phenoxy) is 2. The molecule has 0 fully saturated rings. The van der Waals surface area contributed by atoms with E-state index in [-0.39, 0.29) is 12.1 Å². The van der Waals surface area contributed by atoms with Crippen LogP contribution in [0.3, 0.4) is 0 Å². The highest BCUT2D eigenvalue weighted by Gasteiger charge is 2.37. The molecule has 90 valence electrons. The van der Waals surface area contributed by atoms with E-state index in [1.54, 1.807) is 0 Å². The molecule has 0 bridgehead atoms. The predicted molar refractivity (Wildman–Crippen MR) is 64.2 cm³/mol. The normalized spacial score (nSPS) is 22.1. The predicted octanol–water partition coefficient (Wildman–Crippen LogP) is 2.98. The van der Waals surface area contributed by atoms with Crippen molar-refractivity contribution >= 4 is 5.97 Å². The van der Waals surface area contributed by atoms with Crippen LogP contribution in [-0.2, 0) is 14.3 Å². The standard InChI is InChI=1S/C14H16O3/c1-10(15)16-13-9-12(17-14(13,2)3)11-7-5-4-6-8-11/h4-9,12H,1-3H3/t12-/m0/s1. The quantitative estimate of drug-likeness (QED) is 0.735. The first-order valence-electron chi connectivity index (χ1n) is 5.62. The largest absolute Gasteiger partial charge is 0.428 e. The molecule has 0 amide bonds. The molecule has 0 saturated carbocycles. The van der Waals surface area contributed by atoms with Gasteiger partial charge in [-0.1, -0.05) is 30.3 Å². The molecule has 0 aliphatic carbocycles. The van der Waals surface area contributed by atoms with Crippen molar-refractivity contribution in [2.75, 3.05) is 0 Å². The van der Waals surface area contributed by atoms with E-state index >= 15 is 0 Å². The highest BCUT2D eigenvalue weighted by molar-refractivity contribution is 5.67. The summed E-state index contributed by atoms with van der Waals surface area (Å²) < 4.78 is 11.1. The summed E-state index contributed by atoms with van der Waals surface area (Å²) in [5.41, 5.74) is 0.495. The van der Waals surface area contributed by atoms with E-state index in [4.69, 9.17) is 9.47 Å². The van der Waals surface area contributed by atoms with Gasteiger partial charge >= 0.3 is 5.97 Å².